The third-order valence-corrected chi connectivity index (χ3v) is 4.93. The molecular formula is C20H25BNO2+. The van der Waals surface area contributed by atoms with E-state index in [2.05, 4.69) is 76.2 Å². The van der Waals surface area contributed by atoms with Gasteiger partial charge in [0, 0.05) is 12.1 Å². The highest BCUT2D eigenvalue weighted by atomic mass is 16.7. The fraction of sp³-hybridized carbons (Fsp3) is 0.350. The Morgan fingerprint density at radius 3 is 1.75 bits per heavy atom. The summed E-state index contributed by atoms with van der Waals surface area (Å²) in [5.41, 5.74) is 2.78. The molecule has 1 aliphatic heterocycles. The van der Waals surface area contributed by atoms with Gasteiger partial charge in [-0.25, -0.2) is 4.57 Å². The Bertz CT molecular complexity index is 717. The van der Waals surface area contributed by atoms with Gasteiger partial charge in [0.25, 0.3) is 0 Å². The fourth-order valence-electron chi connectivity index (χ4n) is 2.56. The minimum atomic E-state index is -0.306. The van der Waals surface area contributed by atoms with Crippen LogP contribution >= 0.6 is 0 Å². The standard InChI is InChI=1S/C20H25BNO2/c1-19(2)20(3,4)24-21(23-19)18-10-8-16(9-11-18)6-7-17-12-14-22(5)15-13-17/h6-15H,1-5H3/q+1/b7-6+. The summed E-state index contributed by atoms with van der Waals surface area (Å²) < 4.78 is 14.2. The van der Waals surface area contributed by atoms with Gasteiger partial charge in [0.15, 0.2) is 12.4 Å². The van der Waals surface area contributed by atoms with Crippen LogP contribution in [0.2, 0.25) is 0 Å². The molecule has 3 rings (SSSR count). The lowest BCUT2D eigenvalue weighted by Gasteiger charge is -2.32. The van der Waals surface area contributed by atoms with Crippen LogP contribution in [0.4, 0.5) is 0 Å². The van der Waals surface area contributed by atoms with Gasteiger partial charge in [-0.05, 0) is 44.3 Å². The summed E-state index contributed by atoms with van der Waals surface area (Å²) in [6.07, 6.45) is 8.31. The molecule has 0 bridgehead atoms. The monoisotopic (exact) mass is 322 g/mol. The second-order valence-electron chi connectivity index (χ2n) is 7.39. The highest BCUT2D eigenvalue weighted by Gasteiger charge is 2.51. The van der Waals surface area contributed by atoms with Gasteiger partial charge in [-0.15, -0.1) is 0 Å². The lowest BCUT2D eigenvalue weighted by Crippen LogP contribution is -2.41. The number of aryl methyl sites for hydroxylation is 1. The maximum absolute atomic E-state index is 6.09. The minimum absolute atomic E-state index is 0.304. The first kappa shape index (κ1) is 16.9. The summed E-state index contributed by atoms with van der Waals surface area (Å²) in [6.45, 7) is 8.29. The maximum Gasteiger partial charge on any atom is 0.494 e. The predicted molar refractivity (Wildman–Crippen MR) is 98.7 cm³/mol. The molecule has 0 spiro atoms. The third kappa shape index (κ3) is 3.45. The predicted octanol–water partition coefficient (Wildman–Crippen LogP) is 2.98. The van der Waals surface area contributed by atoms with E-state index in [0.29, 0.717) is 0 Å². The van der Waals surface area contributed by atoms with Gasteiger partial charge in [-0.1, -0.05) is 36.4 Å². The minimum Gasteiger partial charge on any atom is -0.399 e. The van der Waals surface area contributed by atoms with E-state index in [0.717, 1.165) is 11.0 Å². The maximum atomic E-state index is 6.09. The van der Waals surface area contributed by atoms with Crippen molar-refractivity contribution in [2.75, 3.05) is 0 Å². The first-order chi connectivity index (χ1) is 11.3. The molecule has 24 heavy (non-hydrogen) atoms. The SMILES string of the molecule is C[n+]1ccc(/C=C/c2ccc(B3OC(C)(C)C(C)(C)O3)cc2)cc1. The quantitative estimate of drug-likeness (QED) is 0.640. The Hall–Kier alpha value is -1.91. The van der Waals surface area contributed by atoms with Gasteiger partial charge in [-0.2, -0.15) is 0 Å². The van der Waals surface area contributed by atoms with Crippen LogP contribution in [-0.4, -0.2) is 18.3 Å². The van der Waals surface area contributed by atoms with Gasteiger partial charge in [0.05, 0.1) is 11.2 Å². The van der Waals surface area contributed by atoms with Crippen LogP contribution in [0.3, 0.4) is 0 Å². The molecule has 0 aliphatic carbocycles. The lowest BCUT2D eigenvalue weighted by molar-refractivity contribution is -0.671. The van der Waals surface area contributed by atoms with Crippen LogP contribution in [0.1, 0.15) is 38.8 Å². The van der Waals surface area contributed by atoms with E-state index in [9.17, 15) is 0 Å². The molecule has 0 saturated carbocycles. The molecule has 0 unspecified atom stereocenters. The fourth-order valence-corrected chi connectivity index (χ4v) is 2.56. The molecule has 124 valence electrons. The molecule has 0 atom stereocenters. The van der Waals surface area contributed by atoms with Crippen molar-refractivity contribution in [1.82, 2.24) is 0 Å². The average Bonchev–Trinajstić information content (AvgIpc) is 2.75. The van der Waals surface area contributed by atoms with Crippen LogP contribution in [0.5, 0.6) is 0 Å². The second-order valence-corrected chi connectivity index (χ2v) is 7.39. The summed E-state index contributed by atoms with van der Waals surface area (Å²) >= 11 is 0. The van der Waals surface area contributed by atoms with Crippen molar-refractivity contribution in [1.29, 1.82) is 0 Å². The number of hydrogen-bond acceptors (Lipinski definition) is 2. The summed E-state index contributed by atoms with van der Waals surface area (Å²) in [5, 5.41) is 0. The molecule has 3 nitrogen and oxygen atoms in total. The van der Waals surface area contributed by atoms with Crippen molar-refractivity contribution >= 4 is 24.7 Å². The molecule has 1 aromatic carbocycles. The van der Waals surface area contributed by atoms with Gasteiger partial charge in [0.1, 0.15) is 7.05 Å². The smallest absolute Gasteiger partial charge is 0.399 e. The zero-order chi connectivity index (χ0) is 17.4. The van der Waals surface area contributed by atoms with E-state index < -0.39 is 0 Å². The Kier molecular flexibility index (Phi) is 4.37. The first-order valence-corrected chi connectivity index (χ1v) is 8.36. The number of aromatic nitrogens is 1. The van der Waals surface area contributed by atoms with Crippen molar-refractivity contribution in [2.24, 2.45) is 7.05 Å². The first-order valence-electron chi connectivity index (χ1n) is 8.36. The summed E-state index contributed by atoms with van der Waals surface area (Å²) in [7, 11) is 1.71. The summed E-state index contributed by atoms with van der Waals surface area (Å²) in [4.78, 5) is 0. The molecule has 2 aromatic rings. The van der Waals surface area contributed by atoms with Gasteiger partial charge in [0.2, 0.25) is 0 Å². The highest BCUT2D eigenvalue weighted by Crippen LogP contribution is 2.36. The number of benzene rings is 1. The van der Waals surface area contributed by atoms with Crippen molar-refractivity contribution in [3.63, 3.8) is 0 Å². The molecule has 1 aromatic heterocycles. The van der Waals surface area contributed by atoms with Gasteiger partial charge >= 0.3 is 7.12 Å². The number of pyridine rings is 1. The highest BCUT2D eigenvalue weighted by molar-refractivity contribution is 6.62. The zero-order valence-corrected chi connectivity index (χ0v) is 15.1. The van der Waals surface area contributed by atoms with Crippen LogP contribution in [0, 0.1) is 0 Å². The van der Waals surface area contributed by atoms with Gasteiger partial charge < -0.3 is 9.31 Å². The molecule has 1 aliphatic rings. The Morgan fingerprint density at radius 1 is 0.792 bits per heavy atom. The third-order valence-electron chi connectivity index (χ3n) is 4.93. The van der Waals surface area contributed by atoms with Gasteiger partial charge in [-0.3, -0.25) is 0 Å². The lowest BCUT2D eigenvalue weighted by atomic mass is 9.79. The Balaban J connectivity index is 1.71. The molecule has 0 N–H and O–H groups in total. The van der Waals surface area contributed by atoms with Crippen molar-refractivity contribution in [3.8, 4) is 0 Å². The molecular weight excluding hydrogens is 297 g/mol. The average molecular weight is 322 g/mol. The Morgan fingerprint density at radius 2 is 1.25 bits per heavy atom. The number of nitrogens with zero attached hydrogens (tertiary/aromatic N) is 1. The van der Waals surface area contributed by atoms with E-state index in [4.69, 9.17) is 9.31 Å². The van der Waals surface area contributed by atoms with Crippen molar-refractivity contribution in [3.05, 3.63) is 59.9 Å². The molecule has 4 heteroatoms. The second kappa shape index (κ2) is 6.19. The number of rotatable bonds is 3. The topological polar surface area (TPSA) is 22.3 Å². The van der Waals surface area contributed by atoms with E-state index in [1.165, 1.54) is 5.56 Å². The van der Waals surface area contributed by atoms with Crippen LogP contribution < -0.4 is 10.0 Å². The number of hydrogen-bond donors (Lipinski definition) is 0. The van der Waals surface area contributed by atoms with Crippen LogP contribution in [0.15, 0.2) is 48.8 Å². The summed E-state index contributed by atoms with van der Waals surface area (Å²) in [6, 6.07) is 12.5. The molecule has 0 radical (unpaired) electrons. The van der Waals surface area contributed by atoms with E-state index in [-0.39, 0.29) is 18.3 Å². The molecule has 1 fully saturated rings. The van der Waals surface area contributed by atoms with Crippen molar-refractivity contribution < 1.29 is 13.9 Å². The largest absolute Gasteiger partial charge is 0.494 e. The van der Waals surface area contributed by atoms with E-state index in [1.807, 2.05) is 24.0 Å². The normalized spacial score (nSPS) is 19.1. The Labute approximate surface area is 145 Å². The summed E-state index contributed by atoms with van der Waals surface area (Å²) in [5.74, 6) is 0. The molecule has 2 heterocycles. The van der Waals surface area contributed by atoms with E-state index >= 15 is 0 Å². The molecule has 0 amide bonds. The zero-order valence-electron chi connectivity index (χ0n) is 15.1. The van der Waals surface area contributed by atoms with Crippen LogP contribution in [0.25, 0.3) is 12.2 Å². The van der Waals surface area contributed by atoms with E-state index in [1.54, 1.807) is 0 Å². The molecule has 1 saturated heterocycles. The van der Waals surface area contributed by atoms with Crippen molar-refractivity contribution in [2.45, 2.75) is 38.9 Å². The van der Waals surface area contributed by atoms with Crippen LogP contribution in [-0.2, 0) is 16.4 Å².